The first kappa shape index (κ1) is 10.6. The molecule has 3 heterocycles. The molecule has 0 unspecified atom stereocenters. The number of aromatic nitrogens is 5. The standard InChI is InChI=1S/C13H9N5S/c1-8-2-4-9(5-3-8)10-6-19-13-11(10)12-15-16-17-18(12)7-14-13/h2-7H,1H3. The summed E-state index contributed by atoms with van der Waals surface area (Å²) in [5, 5.41) is 14.8. The molecular formula is C13H9N5S. The summed E-state index contributed by atoms with van der Waals surface area (Å²) >= 11 is 1.61. The van der Waals surface area contributed by atoms with E-state index in [-0.39, 0.29) is 0 Å². The van der Waals surface area contributed by atoms with Gasteiger partial charge in [-0.05, 0) is 22.9 Å². The molecule has 3 aromatic heterocycles. The predicted octanol–water partition coefficient (Wildman–Crippen LogP) is 2.71. The summed E-state index contributed by atoms with van der Waals surface area (Å²) in [6, 6.07) is 8.44. The lowest BCUT2D eigenvalue weighted by molar-refractivity contribution is 0.813. The first-order valence-corrected chi connectivity index (χ1v) is 6.72. The van der Waals surface area contributed by atoms with Crippen LogP contribution in [0, 0.1) is 6.92 Å². The van der Waals surface area contributed by atoms with Crippen LogP contribution in [0.25, 0.3) is 27.0 Å². The number of benzene rings is 1. The highest BCUT2D eigenvalue weighted by Crippen LogP contribution is 2.34. The van der Waals surface area contributed by atoms with E-state index in [0.29, 0.717) is 0 Å². The second kappa shape index (κ2) is 3.83. The van der Waals surface area contributed by atoms with Gasteiger partial charge in [0.05, 0.1) is 5.39 Å². The maximum atomic E-state index is 4.38. The SMILES string of the molecule is Cc1ccc(-c2csc3ncn4nnnc4c23)cc1. The van der Waals surface area contributed by atoms with Crippen LogP contribution in [0.2, 0.25) is 0 Å². The minimum atomic E-state index is 0.752. The summed E-state index contributed by atoms with van der Waals surface area (Å²) in [4.78, 5) is 5.34. The fourth-order valence-electron chi connectivity index (χ4n) is 2.15. The van der Waals surface area contributed by atoms with Crippen LogP contribution in [-0.4, -0.2) is 25.0 Å². The molecule has 0 fully saturated rings. The Kier molecular flexibility index (Phi) is 2.13. The van der Waals surface area contributed by atoms with Crippen molar-refractivity contribution in [1.29, 1.82) is 0 Å². The van der Waals surface area contributed by atoms with Gasteiger partial charge in [0.15, 0.2) is 5.65 Å². The van der Waals surface area contributed by atoms with Crippen LogP contribution in [0.1, 0.15) is 5.56 Å². The molecule has 0 saturated carbocycles. The van der Waals surface area contributed by atoms with Crippen LogP contribution in [0.4, 0.5) is 0 Å². The Morgan fingerprint density at radius 2 is 2.00 bits per heavy atom. The van der Waals surface area contributed by atoms with E-state index in [2.05, 4.69) is 57.1 Å². The first-order valence-electron chi connectivity index (χ1n) is 5.84. The van der Waals surface area contributed by atoms with Crippen molar-refractivity contribution in [2.75, 3.05) is 0 Å². The van der Waals surface area contributed by atoms with Gasteiger partial charge in [0.1, 0.15) is 11.2 Å². The lowest BCUT2D eigenvalue weighted by Gasteiger charge is -2.00. The molecule has 0 aliphatic heterocycles. The van der Waals surface area contributed by atoms with Crippen molar-refractivity contribution in [3.63, 3.8) is 0 Å². The number of hydrogen-bond donors (Lipinski definition) is 0. The van der Waals surface area contributed by atoms with Gasteiger partial charge in [-0.3, -0.25) is 0 Å². The Balaban J connectivity index is 2.09. The number of hydrogen-bond acceptors (Lipinski definition) is 5. The summed E-state index contributed by atoms with van der Waals surface area (Å²) in [5.41, 5.74) is 4.29. The van der Waals surface area contributed by atoms with E-state index in [1.807, 2.05) is 0 Å². The van der Waals surface area contributed by atoms with Crippen LogP contribution < -0.4 is 0 Å². The minimum absolute atomic E-state index is 0.752. The summed E-state index contributed by atoms with van der Waals surface area (Å²) in [7, 11) is 0. The van der Waals surface area contributed by atoms with E-state index in [9.17, 15) is 0 Å². The fraction of sp³-hybridized carbons (Fsp3) is 0.0769. The highest BCUT2D eigenvalue weighted by atomic mass is 32.1. The van der Waals surface area contributed by atoms with Gasteiger partial charge >= 0.3 is 0 Å². The number of nitrogens with zero attached hydrogens (tertiary/aromatic N) is 5. The molecule has 4 aromatic rings. The molecule has 5 nitrogen and oxygen atoms in total. The third kappa shape index (κ3) is 1.53. The normalized spacial score (nSPS) is 11.4. The smallest absolute Gasteiger partial charge is 0.191 e. The molecule has 6 heteroatoms. The van der Waals surface area contributed by atoms with Crippen LogP contribution in [0.3, 0.4) is 0 Å². The first-order chi connectivity index (χ1) is 9.33. The molecule has 0 amide bonds. The zero-order valence-electron chi connectivity index (χ0n) is 10.1. The van der Waals surface area contributed by atoms with E-state index in [1.54, 1.807) is 22.2 Å². The highest BCUT2D eigenvalue weighted by molar-refractivity contribution is 7.17. The number of thiophene rings is 1. The summed E-state index contributed by atoms with van der Waals surface area (Å²) in [5.74, 6) is 0. The molecular weight excluding hydrogens is 258 g/mol. The Morgan fingerprint density at radius 3 is 2.84 bits per heavy atom. The van der Waals surface area contributed by atoms with Crippen molar-refractivity contribution in [3.05, 3.63) is 41.5 Å². The van der Waals surface area contributed by atoms with Gasteiger partial charge in [0, 0.05) is 10.9 Å². The van der Waals surface area contributed by atoms with Crippen molar-refractivity contribution in [2.45, 2.75) is 6.92 Å². The molecule has 0 radical (unpaired) electrons. The van der Waals surface area contributed by atoms with Crippen molar-refractivity contribution >= 4 is 27.2 Å². The van der Waals surface area contributed by atoms with E-state index in [4.69, 9.17) is 0 Å². The number of tetrazole rings is 1. The molecule has 0 spiro atoms. The summed E-state index contributed by atoms with van der Waals surface area (Å²) in [6.45, 7) is 2.08. The average molecular weight is 267 g/mol. The molecule has 0 bridgehead atoms. The summed E-state index contributed by atoms with van der Waals surface area (Å²) in [6.07, 6.45) is 1.65. The van der Waals surface area contributed by atoms with Crippen molar-refractivity contribution in [3.8, 4) is 11.1 Å². The second-order valence-corrected chi connectivity index (χ2v) is 5.25. The lowest BCUT2D eigenvalue weighted by Crippen LogP contribution is -1.90. The summed E-state index contributed by atoms with van der Waals surface area (Å²) < 4.78 is 1.60. The molecule has 0 saturated heterocycles. The van der Waals surface area contributed by atoms with Gasteiger partial charge in [-0.2, -0.15) is 4.52 Å². The van der Waals surface area contributed by atoms with Gasteiger partial charge in [-0.1, -0.05) is 29.8 Å². The molecule has 1 aromatic carbocycles. The zero-order valence-corrected chi connectivity index (χ0v) is 10.9. The van der Waals surface area contributed by atoms with Gasteiger partial charge in [-0.25, -0.2) is 4.98 Å². The monoisotopic (exact) mass is 267 g/mol. The highest BCUT2D eigenvalue weighted by Gasteiger charge is 2.13. The Labute approximate surface area is 112 Å². The van der Waals surface area contributed by atoms with Gasteiger partial charge in [0.2, 0.25) is 0 Å². The van der Waals surface area contributed by atoms with Gasteiger partial charge in [-0.15, -0.1) is 16.4 Å². The third-order valence-electron chi connectivity index (χ3n) is 3.13. The average Bonchev–Trinajstić information content (AvgIpc) is 3.04. The van der Waals surface area contributed by atoms with E-state index < -0.39 is 0 Å². The second-order valence-electron chi connectivity index (χ2n) is 4.39. The van der Waals surface area contributed by atoms with Crippen LogP contribution >= 0.6 is 11.3 Å². The fourth-order valence-corrected chi connectivity index (χ4v) is 3.06. The lowest BCUT2D eigenvalue weighted by atomic mass is 10.1. The minimum Gasteiger partial charge on any atom is -0.225 e. The Bertz CT molecular complexity index is 875. The zero-order chi connectivity index (χ0) is 12.8. The molecule has 19 heavy (non-hydrogen) atoms. The molecule has 92 valence electrons. The molecule has 0 aliphatic rings. The topological polar surface area (TPSA) is 56.0 Å². The molecule has 0 N–H and O–H groups in total. The maximum absolute atomic E-state index is 4.38. The maximum Gasteiger partial charge on any atom is 0.191 e. The van der Waals surface area contributed by atoms with E-state index in [0.717, 1.165) is 27.0 Å². The van der Waals surface area contributed by atoms with Crippen molar-refractivity contribution < 1.29 is 0 Å². The largest absolute Gasteiger partial charge is 0.225 e. The van der Waals surface area contributed by atoms with E-state index >= 15 is 0 Å². The third-order valence-corrected chi connectivity index (χ3v) is 4.02. The van der Waals surface area contributed by atoms with Crippen molar-refractivity contribution in [1.82, 2.24) is 25.0 Å². The van der Waals surface area contributed by atoms with E-state index in [1.165, 1.54) is 5.56 Å². The van der Waals surface area contributed by atoms with Gasteiger partial charge in [0.25, 0.3) is 0 Å². The Hall–Kier alpha value is -2.34. The van der Waals surface area contributed by atoms with Crippen LogP contribution in [-0.2, 0) is 0 Å². The molecule has 4 rings (SSSR count). The molecule has 0 atom stereocenters. The number of aryl methyl sites for hydroxylation is 1. The Morgan fingerprint density at radius 1 is 1.16 bits per heavy atom. The number of fused-ring (bicyclic) bond motifs is 3. The van der Waals surface area contributed by atoms with Crippen LogP contribution in [0.5, 0.6) is 0 Å². The predicted molar refractivity (Wildman–Crippen MR) is 74.1 cm³/mol. The van der Waals surface area contributed by atoms with Crippen LogP contribution in [0.15, 0.2) is 36.0 Å². The van der Waals surface area contributed by atoms with Crippen molar-refractivity contribution in [2.24, 2.45) is 0 Å². The quantitative estimate of drug-likeness (QED) is 0.532. The van der Waals surface area contributed by atoms with Gasteiger partial charge < -0.3 is 0 Å². The molecule has 0 aliphatic carbocycles. The number of rotatable bonds is 1.